The summed E-state index contributed by atoms with van der Waals surface area (Å²) in [7, 11) is -3.02. The number of carbonyl (C=O) groups excluding carboxylic acids is 1. The first kappa shape index (κ1) is 19.4. The molecule has 2 atom stereocenters. The first-order valence-electron chi connectivity index (χ1n) is 7.99. The van der Waals surface area contributed by atoms with Gasteiger partial charge in [-0.25, -0.2) is 0 Å². The molecule has 0 aromatic rings. The molecule has 1 N–H and O–H groups in total. The SMILES string of the molecule is CCOC(=O)C1NCCC1CC=CCP(=O)(OCC)OCC. The lowest BCUT2D eigenvalue weighted by molar-refractivity contribution is -0.146. The van der Waals surface area contributed by atoms with Crippen LogP contribution in [0.15, 0.2) is 12.2 Å². The van der Waals surface area contributed by atoms with Crippen LogP contribution in [0.1, 0.15) is 33.6 Å². The molecule has 0 saturated carbocycles. The molecular formula is C15H28NO5P. The third-order valence-electron chi connectivity index (χ3n) is 3.48. The second kappa shape index (κ2) is 10.2. The summed E-state index contributed by atoms with van der Waals surface area (Å²) in [6, 6.07) is -0.241. The zero-order valence-corrected chi connectivity index (χ0v) is 14.6. The van der Waals surface area contributed by atoms with Gasteiger partial charge < -0.3 is 19.1 Å². The number of rotatable bonds is 10. The molecule has 128 valence electrons. The lowest BCUT2D eigenvalue weighted by Gasteiger charge is -2.17. The predicted molar refractivity (Wildman–Crippen MR) is 86.0 cm³/mol. The molecule has 1 rings (SSSR count). The fraction of sp³-hybridized carbons (Fsp3) is 0.800. The van der Waals surface area contributed by atoms with Crippen molar-refractivity contribution in [3.05, 3.63) is 12.2 Å². The molecule has 0 aromatic heterocycles. The van der Waals surface area contributed by atoms with Crippen LogP contribution in [-0.4, -0.2) is 44.5 Å². The second-order valence-corrected chi connectivity index (χ2v) is 7.17. The first-order chi connectivity index (χ1) is 10.6. The highest BCUT2D eigenvalue weighted by Gasteiger charge is 2.32. The molecule has 7 heteroatoms. The maximum atomic E-state index is 12.3. The minimum atomic E-state index is -3.02. The van der Waals surface area contributed by atoms with Gasteiger partial charge in [0.2, 0.25) is 0 Å². The van der Waals surface area contributed by atoms with E-state index in [1.807, 2.05) is 12.2 Å². The number of carbonyl (C=O) groups is 1. The number of ether oxygens (including phenoxy) is 1. The fourth-order valence-electron chi connectivity index (χ4n) is 2.53. The van der Waals surface area contributed by atoms with E-state index in [0.717, 1.165) is 19.4 Å². The zero-order chi connectivity index (χ0) is 16.4. The molecule has 1 saturated heterocycles. The van der Waals surface area contributed by atoms with Crippen LogP contribution in [-0.2, 0) is 23.1 Å². The van der Waals surface area contributed by atoms with Crippen molar-refractivity contribution in [3.63, 3.8) is 0 Å². The Morgan fingerprint density at radius 2 is 1.86 bits per heavy atom. The molecule has 1 aliphatic rings. The molecule has 1 aliphatic heterocycles. The lowest BCUT2D eigenvalue weighted by Crippen LogP contribution is -2.37. The Labute approximate surface area is 133 Å². The number of allylic oxidation sites excluding steroid dienone is 2. The van der Waals surface area contributed by atoms with E-state index >= 15 is 0 Å². The summed E-state index contributed by atoms with van der Waals surface area (Å²) in [6.45, 7) is 7.34. The normalized spacial score (nSPS) is 22.3. The smallest absolute Gasteiger partial charge is 0.334 e. The Morgan fingerprint density at radius 3 is 2.45 bits per heavy atom. The molecule has 0 aliphatic carbocycles. The largest absolute Gasteiger partial charge is 0.465 e. The van der Waals surface area contributed by atoms with Gasteiger partial charge in [-0.2, -0.15) is 0 Å². The average Bonchev–Trinajstić information content (AvgIpc) is 2.93. The molecular weight excluding hydrogens is 305 g/mol. The van der Waals surface area contributed by atoms with Crippen LogP contribution in [0.3, 0.4) is 0 Å². The van der Waals surface area contributed by atoms with E-state index in [4.69, 9.17) is 13.8 Å². The van der Waals surface area contributed by atoms with Crippen LogP contribution in [0, 0.1) is 5.92 Å². The van der Waals surface area contributed by atoms with Crippen molar-refractivity contribution in [3.8, 4) is 0 Å². The summed E-state index contributed by atoms with van der Waals surface area (Å²) in [5.74, 6) is 0.0292. The second-order valence-electron chi connectivity index (χ2n) is 5.07. The van der Waals surface area contributed by atoms with Crippen molar-refractivity contribution in [2.75, 3.05) is 32.5 Å². The van der Waals surface area contributed by atoms with E-state index in [-0.39, 0.29) is 24.1 Å². The van der Waals surface area contributed by atoms with Crippen molar-refractivity contribution in [2.45, 2.75) is 39.7 Å². The summed E-state index contributed by atoms with van der Waals surface area (Å²) in [4.78, 5) is 11.8. The molecule has 22 heavy (non-hydrogen) atoms. The Balaban J connectivity index is 2.46. The van der Waals surface area contributed by atoms with Gasteiger partial charge in [-0.05, 0) is 46.1 Å². The predicted octanol–water partition coefficient (Wildman–Crippen LogP) is 2.74. The van der Waals surface area contributed by atoms with E-state index in [2.05, 4.69) is 5.32 Å². The average molecular weight is 333 g/mol. The summed E-state index contributed by atoms with van der Waals surface area (Å²) in [5, 5.41) is 3.18. The highest BCUT2D eigenvalue weighted by molar-refractivity contribution is 7.54. The minimum absolute atomic E-state index is 0.187. The van der Waals surface area contributed by atoms with Gasteiger partial charge in [0.25, 0.3) is 0 Å². The van der Waals surface area contributed by atoms with Crippen LogP contribution < -0.4 is 5.32 Å². The molecule has 1 heterocycles. The molecule has 0 aromatic carbocycles. The number of esters is 1. The Hall–Kier alpha value is -0.680. The molecule has 1 fully saturated rings. The molecule has 0 amide bonds. The maximum absolute atomic E-state index is 12.3. The molecule has 0 bridgehead atoms. The van der Waals surface area contributed by atoms with Gasteiger partial charge in [-0.15, -0.1) is 0 Å². The van der Waals surface area contributed by atoms with Crippen LogP contribution >= 0.6 is 7.60 Å². The summed E-state index contributed by atoms with van der Waals surface area (Å²) < 4.78 is 27.8. The number of hydrogen-bond donors (Lipinski definition) is 1. The quantitative estimate of drug-likeness (QED) is 0.376. The molecule has 0 radical (unpaired) electrons. The van der Waals surface area contributed by atoms with E-state index in [1.54, 1.807) is 20.8 Å². The number of nitrogens with one attached hydrogen (secondary N) is 1. The maximum Gasteiger partial charge on any atom is 0.334 e. The van der Waals surface area contributed by atoms with Crippen LogP contribution in [0.2, 0.25) is 0 Å². The van der Waals surface area contributed by atoms with Crippen molar-refractivity contribution in [1.29, 1.82) is 0 Å². The van der Waals surface area contributed by atoms with Crippen molar-refractivity contribution < 1.29 is 23.1 Å². The summed E-state index contributed by atoms with van der Waals surface area (Å²) in [5.41, 5.74) is 0. The molecule has 2 unspecified atom stereocenters. The van der Waals surface area contributed by atoms with Crippen molar-refractivity contribution >= 4 is 13.6 Å². The monoisotopic (exact) mass is 333 g/mol. The van der Waals surface area contributed by atoms with Gasteiger partial charge in [-0.3, -0.25) is 9.36 Å². The first-order valence-corrected chi connectivity index (χ1v) is 9.72. The Morgan fingerprint density at radius 1 is 1.18 bits per heavy atom. The van der Waals surface area contributed by atoms with Gasteiger partial charge in [0.1, 0.15) is 6.04 Å². The van der Waals surface area contributed by atoms with E-state index in [1.165, 1.54) is 0 Å². The molecule has 0 spiro atoms. The third-order valence-corrected chi connectivity index (χ3v) is 5.44. The Kier molecular flexibility index (Phi) is 8.95. The zero-order valence-electron chi connectivity index (χ0n) is 13.7. The van der Waals surface area contributed by atoms with Crippen LogP contribution in [0.25, 0.3) is 0 Å². The van der Waals surface area contributed by atoms with E-state index < -0.39 is 7.60 Å². The number of hydrogen-bond acceptors (Lipinski definition) is 6. The summed E-state index contributed by atoms with van der Waals surface area (Å²) in [6.07, 6.45) is 5.72. The fourth-order valence-corrected chi connectivity index (χ4v) is 4.01. The van der Waals surface area contributed by atoms with Crippen molar-refractivity contribution in [1.82, 2.24) is 5.32 Å². The van der Waals surface area contributed by atoms with Gasteiger partial charge >= 0.3 is 13.6 Å². The highest BCUT2D eigenvalue weighted by Crippen LogP contribution is 2.47. The minimum Gasteiger partial charge on any atom is -0.465 e. The van der Waals surface area contributed by atoms with E-state index in [9.17, 15) is 9.36 Å². The third kappa shape index (κ3) is 6.21. The Bertz CT molecular complexity index is 403. The lowest BCUT2D eigenvalue weighted by atomic mass is 9.97. The van der Waals surface area contributed by atoms with Gasteiger partial charge in [0.05, 0.1) is 26.0 Å². The van der Waals surface area contributed by atoms with Crippen LogP contribution in [0.4, 0.5) is 0 Å². The molecule has 6 nitrogen and oxygen atoms in total. The highest BCUT2D eigenvalue weighted by atomic mass is 31.2. The van der Waals surface area contributed by atoms with Crippen molar-refractivity contribution in [2.24, 2.45) is 5.92 Å². The van der Waals surface area contributed by atoms with Gasteiger partial charge in [-0.1, -0.05) is 12.2 Å². The van der Waals surface area contributed by atoms with Crippen LogP contribution in [0.5, 0.6) is 0 Å². The van der Waals surface area contributed by atoms with E-state index in [0.29, 0.717) is 19.8 Å². The standard InChI is InChI=1S/C15H28NO5P/c1-4-19-15(17)14-13(10-11-16-14)9-7-8-12-22(18,20-5-2)21-6-3/h7-8,13-14,16H,4-6,9-12H2,1-3H3. The van der Waals surface area contributed by atoms with Gasteiger partial charge in [0, 0.05) is 0 Å². The summed E-state index contributed by atoms with van der Waals surface area (Å²) >= 11 is 0. The van der Waals surface area contributed by atoms with Gasteiger partial charge in [0.15, 0.2) is 0 Å². The topological polar surface area (TPSA) is 73.9 Å².